The molecule has 0 amide bonds. The summed E-state index contributed by atoms with van der Waals surface area (Å²) in [5.41, 5.74) is -0.766. The minimum absolute atomic E-state index is 0.0553. The van der Waals surface area contributed by atoms with Crippen molar-refractivity contribution in [1.82, 2.24) is 10.3 Å². The maximum atomic E-state index is 12.5. The van der Waals surface area contributed by atoms with E-state index in [1.165, 1.54) is 18.3 Å². The molecule has 0 saturated heterocycles. The van der Waals surface area contributed by atoms with Gasteiger partial charge in [0.1, 0.15) is 0 Å². The fraction of sp³-hybridized carbons (Fsp3) is 0.300. The highest BCUT2D eigenvalue weighted by molar-refractivity contribution is 5.50. The standard InChI is InChI=1S/C10H11F3N2/c1-14-6-3-5-9-8(10(11,12)13)4-2-7-15-9/h2-5,7,14H,6H2,1H3. The van der Waals surface area contributed by atoms with Gasteiger partial charge in [-0.05, 0) is 25.3 Å². The van der Waals surface area contributed by atoms with Crippen LogP contribution in [0.1, 0.15) is 11.3 Å². The molecule has 0 bridgehead atoms. The second-order valence-corrected chi connectivity index (χ2v) is 2.89. The van der Waals surface area contributed by atoms with Crippen molar-refractivity contribution < 1.29 is 13.2 Å². The van der Waals surface area contributed by atoms with E-state index in [0.29, 0.717) is 6.54 Å². The van der Waals surface area contributed by atoms with E-state index in [1.807, 2.05) is 0 Å². The molecule has 0 aromatic carbocycles. The van der Waals surface area contributed by atoms with Crippen LogP contribution in [0.2, 0.25) is 0 Å². The normalized spacial score (nSPS) is 12.3. The summed E-state index contributed by atoms with van der Waals surface area (Å²) >= 11 is 0. The SMILES string of the molecule is CNCC=Cc1ncccc1C(F)(F)F. The van der Waals surface area contributed by atoms with Gasteiger partial charge in [0.15, 0.2) is 0 Å². The Bertz CT molecular complexity index is 345. The quantitative estimate of drug-likeness (QED) is 0.838. The molecule has 5 heteroatoms. The molecule has 1 aromatic heterocycles. The van der Waals surface area contributed by atoms with E-state index < -0.39 is 11.7 Å². The van der Waals surface area contributed by atoms with E-state index in [-0.39, 0.29) is 5.69 Å². The van der Waals surface area contributed by atoms with Crippen LogP contribution in [0.25, 0.3) is 6.08 Å². The van der Waals surface area contributed by atoms with Gasteiger partial charge in [-0.1, -0.05) is 6.08 Å². The average Bonchev–Trinajstić information content (AvgIpc) is 2.17. The Balaban J connectivity index is 2.97. The molecule has 1 N–H and O–H groups in total. The van der Waals surface area contributed by atoms with E-state index >= 15 is 0 Å². The number of rotatable bonds is 3. The Labute approximate surface area is 85.8 Å². The van der Waals surface area contributed by atoms with Gasteiger partial charge in [0, 0.05) is 12.7 Å². The lowest BCUT2D eigenvalue weighted by Crippen LogP contribution is -2.09. The second kappa shape index (κ2) is 4.93. The van der Waals surface area contributed by atoms with Crippen molar-refractivity contribution in [2.24, 2.45) is 0 Å². The van der Waals surface area contributed by atoms with Gasteiger partial charge in [0.2, 0.25) is 0 Å². The van der Waals surface area contributed by atoms with Crippen LogP contribution in [0.4, 0.5) is 13.2 Å². The summed E-state index contributed by atoms with van der Waals surface area (Å²) in [5.74, 6) is 0. The first-order valence-corrected chi connectivity index (χ1v) is 4.39. The van der Waals surface area contributed by atoms with Crippen LogP contribution in [0.3, 0.4) is 0 Å². The number of likely N-dealkylation sites (N-methyl/N-ethyl adjacent to an activating group) is 1. The van der Waals surface area contributed by atoms with Crippen molar-refractivity contribution in [2.45, 2.75) is 6.18 Å². The number of nitrogens with zero attached hydrogens (tertiary/aromatic N) is 1. The third-order valence-corrected chi connectivity index (χ3v) is 1.74. The number of aromatic nitrogens is 1. The van der Waals surface area contributed by atoms with Gasteiger partial charge in [0.25, 0.3) is 0 Å². The minimum atomic E-state index is -4.35. The third kappa shape index (κ3) is 3.36. The van der Waals surface area contributed by atoms with Crippen LogP contribution in [0.5, 0.6) is 0 Å². The van der Waals surface area contributed by atoms with Crippen LogP contribution in [0, 0.1) is 0 Å². The first kappa shape index (κ1) is 11.7. The summed E-state index contributed by atoms with van der Waals surface area (Å²) in [4.78, 5) is 3.68. The number of halogens is 3. The molecular formula is C10H11F3N2. The number of hydrogen-bond acceptors (Lipinski definition) is 2. The predicted molar refractivity (Wildman–Crippen MR) is 52.2 cm³/mol. The zero-order valence-corrected chi connectivity index (χ0v) is 8.17. The summed E-state index contributed by atoms with van der Waals surface area (Å²) in [6, 6.07) is 2.30. The predicted octanol–water partition coefficient (Wildman–Crippen LogP) is 2.33. The fourth-order valence-corrected chi connectivity index (χ4v) is 1.08. The zero-order chi connectivity index (χ0) is 11.3. The van der Waals surface area contributed by atoms with E-state index in [0.717, 1.165) is 6.07 Å². The highest BCUT2D eigenvalue weighted by Gasteiger charge is 2.32. The topological polar surface area (TPSA) is 24.9 Å². The molecule has 0 saturated carbocycles. The smallest absolute Gasteiger partial charge is 0.316 e. The zero-order valence-electron chi connectivity index (χ0n) is 8.17. The first-order valence-electron chi connectivity index (χ1n) is 4.39. The summed E-state index contributed by atoms with van der Waals surface area (Å²) in [6.45, 7) is 0.508. The van der Waals surface area contributed by atoms with Crippen molar-refractivity contribution in [3.05, 3.63) is 35.7 Å². The van der Waals surface area contributed by atoms with Crippen molar-refractivity contribution in [2.75, 3.05) is 13.6 Å². The molecule has 15 heavy (non-hydrogen) atoms. The van der Waals surface area contributed by atoms with Crippen LogP contribution in [-0.4, -0.2) is 18.6 Å². The number of nitrogens with one attached hydrogen (secondary N) is 1. The molecule has 0 aliphatic rings. The van der Waals surface area contributed by atoms with Gasteiger partial charge in [-0.15, -0.1) is 0 Å². The van der Waals surface area contributed by atoms with Gasteiger partial charge in [-0.25, -0.2) is 0 Å². The molecule has 82 valence electrons. The molecule has 0 atom stereocenters. The Morgan fingerprint density at radius 3 is 2.80 bits per heavy atom. The lowest BCUT2D eigenvalue weighted by molar-refractivity contribution is -0.138. The van der Waals surface area contributed by atoms with Crippen molar-refractivity contribution in [1.29, 1.82) is 0 Å². The van der Waals surface area contributed by atoms with Crippen molar-refractivity contribution in [3.63, 3.8) is 0 Å². The van der Waals surface area contributed by atoms with Crippen molar-refractivity contribution >= 4 is 6.08 Å². The van der Waals surface area contributed by atoms with Crippen LogP contribution in [-0.2, 0) is 6.18 Å². The van der Waals surface area contributed by atoms with Crippen LogP contribution < -0.4 is 5.32 Å². The summed E-state index contributed by atoms with van der Waals surface area (Å²) in [6.07, 6.45) is -0.0568. The Kier molecular flexibility index (Phi) is 3.85. The molecule has 0 aliphatic carbocycles. The third-order valence-electron chi connectivity index (χ3n) is 1.74. The van der Waals surface area contributed by atoms with E-state index in [1.54, 1.807) is 13.1 Å². The molecular weight excluding hydrogens is 205 g/mol. The monoisotopic (exact) mass is 216 g/mol. The Hall–Kier alpha value is -1.36. The lowest BCUT2D eigenvalue weighted by atomic mass is 10.2. The molecule has 0 spiro atoms. The molecule has 0 radical (unpaired) electrons. The maximum Gasteiger partial charge on any atom is 0.418 e. The molecule has 1 heterocycles. The first-order chi connectivity index (χ1) is 7.05. The van der Waals surface area contributed by atoms with E-state index in [9.17, 15) is 13.2 Å². The number of pyridine rings is 1. The Morgan fingerprint density at radius 1 is 1.47 bits per heavy atom. The van der Waals surface area contributed by atoms with Gasteiger partial charge < -0.3 is 5.32 Å². The van der Waals surface area contributed by atoms with Crippen LogP contribution >= 0.6 is 0 Å². The average molecular weight is 216 g/mol. The Morgan fingerprint density at radius 2 is 2.20 bits per heavy atom. The highest BCUT2D eigenvalue weighted by Crippen LogP contribution is 2.31. The maximum absolute atomic E-state index is 12.5. The molecule has 0 fully saturated rings. The number of alkyl halides is 3. The lowest BCUT2D eigenvalue weighted by Gasteiger charge is -2.08. The summed E-state index contributed by atoms with van der Waals surface area (Å²) in [5, 5.41) is 2.80. The van der Waals surface area contributed by atoms with Gasteiger partial charge in [-0.3, -0.25) is 4.98 Å². The molecule has 0 aliphatic heterocycles. The van der Waals surface area contributed by atoms with E-state index in [2.05, 4.69) is 10.3 Å². The molecule has 0 unspecified atom stereocenters. The van der Waals surface area contributed by atoms with Gasteiger partial charge in [-0.2, -0.15) is 13.2 Å². The summed E-state index contributed by atoms with van der Waals surface area (Å²) in [7, 11) is 1.72. The molecule has 1 aromatic rings. The van der Waals surface area contributed by atoms with Gasteiger partial charge >= 0.3 is 6.18 Å². The van der Waals surface area contributed by atoms with Crippen molar-refractivity contribution in [3.8, 4) is 0 Å². The van der Waals surface area contributed by atoms with E-state index in [4.69, 9.17) is 0 Å². The fourth-order valence-electron chi connectivity index (χ4n) is 1.08. The molecule has 2 nitrogen and oxygen atoms in total. The van der Waals surface area contributed by atoms with Crippen LogP contribution in [0.15, 0.2) is 24.4 Å². The largest absolute Gasteiger partial charge is 0.418 e. The highest BCUT2D eigenvalue weighted by atomic mass is 19.4. The minimum Gasteiger partial charge on any atom is -0.316 e. The second-order valence-electron chi connectivity index (χ2n) is 2.89. The molecule has 1 rings (SSSR count). The summed E-state index contributed by atoms with van der Waals surface area (Å²) < 4.78 is 37.4. The van der Waals surface area contributed by atoms with Gasteiger partial charge in [0.05, 0.1) is 11.3 Å². The number of hydrogen-bond donors (Lipinski definition) is 1.